The summed E-state index contributed by atoms with van der Waals surface area (Å²) in [5, 5.41) is 3.99. The van der Waals surface area contributed by atoms with Gasteiger partial charge in [-0.1, -0.05) is 23.4 Å². The summed E-state index contributed by atoms with van der Waals surface area (Å²) in [5.74, 6) is 0.593. The predicted octanol–water partition coefficient (Wildman–Crippen LogP) is 0.948. The molecule has 2 heterocycles. The summed E-state index contributed by atoms with van der Waals surface area (Å²) in [4.78, 5) is 16.6. The number of aryl methyl sites for hydroxylation is 1. The number of hydrogen-bond donors (Lipinski definition) is 0. The van der Waals surface area contributed by atoms with E-state index in [2.05, 4.69) is 10.1 Å². The van der Waals surface area contributed by atoms with Crippen molar-refractivity contribution in [3.8, 4) is 0 Å². The highest BCUT2D eigenvalue weighted by atomic mass is 32.2. The Bertz CT molecular complexity index is 874. The molecule has 0 atom stereocenters. The Kier molecular flexibility index (Phi) is 5.93. The van der Waals surface area contributed by atoms with Gasteiger partial charge in [-0.3, -0.25) is 9.69 Å². The first-order chi connectivity index (χ1) is 12.9. The molecule has 0 unspecified atom stereocenters. The van der Waals surface area contributed by atoms with Crippen LogP contribution in [0.4, 0.5) is 0 Å². The van der Waals surface area contributed by atoms with Crippen LogP contribution in [0.5, 0.6) is 0 Å². The molecule has 1 amide bonds. The molecule has 1 aliphatic heterocycles. The number of benzene rings is 1. The first-order valence-corrected chi connectivity index (χ1v) is 10.2. The van der Waals surface area contributed by atoms with E-state index < -0.39 is 10.0 Å². The topological polar surface area (TPSA) is 87.0 Å². The van der Waals surface area contributed by atoms with Crippen molar-refractivity contribution >= 4 is 15.9 Å². The van der Waals surface area contributed by atoms with Crippen LogP contribution in [0.15, 0.2) is 45.8 Å². The lowest BCUT2D eigenvalue weighted by atomic mass is 10.2. The van der Waals surface area contributed by atoms with Crippen molar-refractivity contribution in [1.82, 2.24) is 19.3 Å². The third-order valence-corrected chi connectivity index (χ3v) is 6.41. The SMILES string of the molecule is Cc1cc(CN2CCN(C(=O)CN(C)S(=O)(=O)c3ccccc3)CC2)no1. The number of sulfonamides is 1. The van der Waals surface area contributed by atoms with Gasteiger partial charge >= 0.3 is 0 Å². The number of aromatic nitrogens is 1. The van der Waals surface area contributed by atoms with E-state index in [9.17, 15) is 13.2 Å². The summed E-state index contributed by atoms with van der Waals surface area (Å²) >= 11 is 0. The Morgan fingerprint density at radius 3 is 2.44 bits per heavy atom. The van der Waals surface area contributed by atoms with Crippen molar-refractivity contribution in [3.05, 3.63) is 47.9 Å². The minimum Gasteiger partial charge on any atom is -0.361 e. The van der Waals surface area contributed by atoms with Crippen LogP contribution in [0.3, 0.4) is 0 Å². The highest BCUT2D eigenvalue weighted by Crippen LogP contribution is 2.14. The van der Waals surface area contributed by atoms with E-state index >= 15 is 0 Å². The van der Waals surface area contributed by atoms with Crippen LogP contribution in [0.1, 0.15) is 11.5 Å². The molecule has 0 N–H and O–H groups in total. The maximum atomic E-state index is 12.5. The molecule has 8 nitrogen and oxygen atoms in total. The van der Waals surface area contributed by atoms with Gasteiger partial charge in [0.05, 0.1) is 17.1 Å². The second-order valence-electron chi connectivity index (χ2n) is 6.66. The van der Waals surface area contributed by atoms with E-state index in [0.717, 1.165) is 15.8 Å². The molecule has 1 aromatic heterocycles. The zero-order valence-electron chi connectivity index (χ0n) is 15.5. The number of carbonyl (C=O) groups is 1. The van der Waals surface area contributed by atoms with E-state index in [1.165, 1.54) is 19.2 Å². The predicted molar refractivity (Wildman–Crippen MR) is 99.4 cm³/mol. The second kappa shape index (κ2) is 8.20. The molecule has 3 rings (SSSR count). The Morgan fingerprint density at radius 2 is 1.85 bits per heavy atom. The zero-order chi connectivity index (χ0) is 19.4. The van der Waals surface area contributed by atoms with E-state index in [1.54, 1.807) is 23.1 Å². The average Bonchev–Trinajstić information content (AvgIpc) is 3.07. The molecule has 9 heteroatoms. The maximum absolute atomic E-state index is 12.5. The standard InChI is InChI=1S/C18H24N4O4S/c1-15-12-16(19-26-15)13-21-8-10-22(11-9-21)18(23)14-20(2)27(24,25)17-6-4-3-5-7-17/h3-7,12H,8-11,13-14H2,1-2H3. The molecular formula is C18H24N4O4S. The summed E-state index contributed by atoms with van der Waals surface area (Å²) < 4.78 is 31.3. The summed E-state index contributed by atoms with van der Waals surface area (Å²) in [6.45, 7) is 4.93. The molecule has 1 aliphatic rings. The fourth-order valence-corrected chi connectivity index (χ4v) is 4.17. The van der Waals surface area contributed by atoms with Gasteiger partial charge in [0.15, 0.2) is 0 Å². The van der Waals surface area contributed by atoms with Crippen molar-refractivity contribution < 1.29 is 17.7 Å². The van der Waals surface area contributed by atoms with Gasteiger partial charge in [-0.2, -0.15) is 4.31 Å². The van der Waals surface area contributed by atoms with Crippen LogP contribution in [-0.4, -0.2) is 73.4 Å². The van der Waals surface area contributed by atoms with Crippen LogP contribution in [0.25, 0.3) is 0 Å². The smallest absolute Gasteiger partial charge is 0.243 e. The van der Waals surface area contributed by atoms with Crippen molar-refractivity contribution in [3.63, 3.8) is 0 Å². The number of piperazine rings is 1. The second-order valence-corrected chi connectivity index (χ2v) is 8.70. The molecule has 1 saturated heterocycles. The van der Waals surface area contributed by atoms with Crippen LogP contribution in [0.2, 0.25) is 0 Å². The Labute approximate surface area is 159 Å². The van der Waals surface area contributed by atoms with Gasteiger partial charge in [0, 0.05) is 45.8 Å². The number of amides is 1. The van der Waals surface area contributed by atoms with Gasteiger partial charge in [-0.05, 0) is 19.1 Å². The van der Waals surface area contributed by atoms with Crippen molar-refractivity contribution in [2.45, 2.75) is 18.4 Å². The summed E-state index contributed by atoms with van der Waals surface area (Å²) in [5.41, 5.74) is 0.876. The average molecular weight is 392 g/mol. The third-order valence-electron chi connectivity index (χ3n) is 4.60. The van der Waals surface area contributed by atoms with E-state index in [1.807, 2.05) is 13.0 Å². The summed E-state index contributed by atoms with van der Waals surface area (Å²) in [6.07, 6.45) is 0. The van der Waals surface area contributed by atoms with Crippen molar-refractivity contribution in [2.75, 3.05) is 39.8 Å². The summed E-state index contributed by atoms with van der Waals surface area (Å²) in [6, 6.07) is 10.0. The van der Waals surface area contributed by atoms with Gasteiger partial charge in [0.1, 0.15) is 5.76 Å². The van der Waals surface area contributed by atoms with Crippen molar-refractivity contribution in [1.29, 1.82) is 0 Å². The van der Waals surface area contributed by atoms with Crippen LogP contribution in [0, 0.1) is 6.92 Å². The molecule has 0 aliphatic carbocycles. The lowest BCUT2D eigenvalue weighted by Crippen LogP contribution is -2.51. The molecule has 1 aromatic carbocycles. The van der Waals surface area contributed by atoms with Crippen LogP contribution < -0.4 is 0 Å². The number of hydrogen-bond acceptors (Lipinski definition) is 6. The molecule has 0 bridgehead atoms. The zero-order valence-corrected chi connectivity index (χ0v) is 16.4. The normalized spacial score (nSPS) is 16.0. The number of likely N-dealkylation sites (N-methyl/N-ethyl adjacent to an activating group) is 1. The fourth-order valence-electron chi connectivity index (χ4n) is 3.02. The largest absolute Gasteiger partial charge is 0.361 e. The van der Waals surface area contributed by atoms with Gasteiger partial charge in [0.2, 0.25) is 15.9 Å². The van der Waals surface area contributed by atoms with E-state index in [-0.39, 0.29) is 17.3 Å². The lowest BCUT2D eigenvalue weighted by molar-refractivity contribution is -0.133. The van der Waals surface area contributed by atoms with Gasteiger partial charge in [-0.15, -0.1) is 0 Å². The molecular weight excluding hydrogens is 368 g/mol. The minimum absolute atomic E-state index is 0.167. The van der Waals surface area contributed by atoms with Gasteiger partial charge < -0.3 is 9.42 Å². The maximum Gasteiger partial charge on any atom is 0.243 e. The van der Waals surface area contributed by atoms with Crippen molar-refractivity contribution in [2.24, 2.45) is 0 Å². The van der Waals surface area contributed by atoms with Crippen LogP contribution in [-0.2, 0) is 21.4 Å². The minimum atomic E-state index is -3.67. The molecule has 0 radical (unpaired) electrons. The Balaban J connectivity index is 1.52. The molecule has 0 spiro atoms. The Morgan fingerprint density at radius 1 is 1.19 bits per heavy atom. The first-order valence-electron chi connectivity index (χ1n) is 8.80. The summed E-state index contributed by atoms with van der Waals surface area (Å²) in [7, 11) is -2.23. The van der Waals surface area contributed by atoms with E-state index in [4.69, 9.17) is 4.52 Å². The number of rotatable bonds is 6. The number of carbonyl (C=O) groups excluding carboxylic acids is 1. The first kappa shape index (κ1) is 19.5. The molecule has 2 aromatic rings. The molecule has 27 heavy (non-hydrogen) atoms. The number of nitrogens with zero attached hydrogens (tertiary/aromatic N) is 4. The Hall–Kier alpha value is -2.23. The van der Waals surface area contributed by atoms with E-state index in [0.29, 0.717) is 32.7 Å². The van der Waals surface area contributed by atoms with Gasteiger partial charge in [0.25, 0.3) is 0 Å². The molecule has 0 saturated carbocycles. The van der Waals surface area contributed by atoms with Gasteiger partial charge in [-0.25, -0.2) is 8.42 Å². The van der Waals surface area contributed by atoms with Crippen LogP contribution >= 0.6 is 0 Å². The monoisotopic (exact) mass is 392 g/mol. The highest BCUT2D eigenvalue weighted by Gasteiger charge is 2.27. The lowest BCUT2D eigenvalue weighted by Gasteiger charge is -2.35. The fraction of sp³-hybridized carbons (Fsp3) is 0.444. The third kappa shape index (κ3) is 4.74. The highest BCUT2D eigenvalue weighted by molar-refractivity contribution is 7.89. The molecule has 1 fully saturated rings. The quantitative estimate of drug-likeness (QED) is 0.727. The molecule has 146 valence electrons.